The Morgan fingerprint density at radius 3 is 2.95 bits per heavy atom. The summed E-state index contributed by atoms with van der Waals surface area (Å²) in [6, 6.07) is 8.88. The molecule has 1 aromatic rings. The van der Waals surface area contributed by atoms with Crippen LogP contribution in [0.4, 0.5) is 0 Å². The first-order chi connectivity index (χ1) is 10.3. The maximum atomic E-state index is 6.43. The first kappa shape index (κ1) is 14.8. The number of nitrogens with zero attached hydrogens (tertiary/aromatic N) is 2. The SMILES string of the molecule is COc1ccccc1C(N)CN1CCN2CCCCC2C1. The van der Waals surface area contributed by atoms with Crippen LogP contribution in [-0.4, -0.2) is 55.7 Å². The Kier molecular flexibility index (Phi) is 4.78. The third-order valence-corrected chi connectivity index (χ3v) is 4.91. The molecule has 0 aromatic heterocycles. The summed E-state index contributed by atoms with van der Waals surface area (Å²) in [7, 11) is 1.71. The van der Waals surface area contributed by atoms with Crippen LogP contribution < -0.4 is 10.5 Å². The van der Waals surface area contributed by atoms with E-state index in [4.69, 9.17) is 10.5 Å². The molecule has 2 unspecified atom stereocenters. The van der Waals surface area contributed by atoms with Crippen molar-refractivity contribution in [2.24, 2.45) is 5.73 Å². The number of ether oxygens (including phenoxy) is 1. The number of para-hydroxylation sites is 1. The van der Waals surface area contributed by atoms with Crippen molar-refractivity contribution in [2.45, 2.75) is 31.3 Å². The molecular weight excluding hydrogens is 262 g/mol. The van der Waals surface area contributed by atoms with E-state index >= 15 is 0 Å². The van der Waals surface area contributed by atoms with E-state index in [-0.39, 0.29) is 6.04 Å². The number of nitrogens with two attached hydrogens (primary N) is 1. The molecule has 0 amide bonds. The van der Waals surface area contributed by atoms with Crippen molar-refractivity contribution < 1.29 is 4.74 Å². The summed E-state index contributed by atoms with van der Waals surface area (Å²) in [5.41, 5.74) is 7.55. The van der Waals surface area contributed by atoms with Gasteiger partial charge in [-0.2, -0.15) is 0 Å². The van der Waals surface area contributed by atoms with E-state index in [1.807, 2.05) is 18.2 Å². The summed E-state index contributed by atoms with van der Waals surface area (Å²) in [5.74, 6) is 0.904. The summed E-state index contributed by atoms with van der Waals surface area (Å²) >= 11 is 0. The molecule has 0 aliphatic carbocycles. The fraction of sp³-hybridized carbons (Fsp3) is 0.647. The van der Waals surface area contributed by atoms with Crippen LogP contribution in [0.1, 0.15) is 30.9 Å². The largest absolute Gasteiger partial charge is 0.496 e. The Balaban J connectivity index is 1.61. The number of rotatable bonds is 4. The minimum Gasteiger partial charge on any atom is -0.496 e. The van der Waals surface area contributed by atoms with Gasteiger partial charge in [0.25, 0.3) is 0 Å². The zero-order valence-corrected chi connectivity index (χ0v) is 13.0. The van der Waals surface area contributed by atoms with Gasteiger partial charge in [0.05, 0.1) is 7.11 Å². The Labute approximate surface area is 127 Å². The van der Waals surface area contributed by atoms with Crippen molar-refractivity contribution in [1.82, 2.24) is 9.80 Å². The first-order valence-corrected chi connectivity index (χ1v) is 8.13. The van der Waals surface area contributed by atoms with Gasteiger partial charge in [-0.25, -0.2) is 0 Å². The molecule has 4 heteroatoms. The summed E-state index contributed by atoms with van der Waals surface area (Å²) in [6.45, 7) is 5.72. The van der Waals surface area contributed by atoms with Crippen LogP contribution in [0.15, 0.2) is 24.3 Å². The quantitative estimate of drug-likeness (QED) is 0.919. The molecule has 116 valence electrons. The van der Waals surface area contributed by atoms with Crippen molar-refractivity contribution in [2.75, 3.05) is 39.8 Å². The zero-order valence-electron chi connectivity index (χ0n) is 13.0. The molecule has 1 aromatic carbocycles. The maximum Gasteiger partial charge on any atom is 0.123 e. The highest BCUT2D eigenvalue weighted by Crippen LogP contribution is 2.26. The number of hydrogen-bond donors (Lipinski definition) is 1. The van der Waals surface area contributed by atoms with Crippen LogP contribution in [0.5, 0.6) is 5.75 Å². The maximum absolute atomic E-state index is 6.43. The lowest BCUT2D eigenvalue weighted by Crippen LogP contribution is -2.55. The zero-order chi connectivity index (χ0) is 14.7. The summed E-state index contributed by atoms with van der Waals surface area (Å²) in [6.07, 6.45) is 4.10. The second-order valence-corrected chi connectivity index (χ2v) is 6.29. The van der Waals surface area contributed by atoms with Crippen molar-refractivity contribution in [3.8, 4) is 5.75 Å². The van der Waals surface area contributed by atoms with E-state index in [1.54, 1.807) is 7.11 Å². The van der Waals surface area contributed by atoms with Crippen molar-refractivity contribution >= 4 is 0 Å². The molecule has 2 saturated heterocycles. The Morgan fingerprint density at radius 2 is 2.10 bits per heavy atom. The molecule has 2 aliphatic heterocycles. The molecule has 2 fully saturated rings. The highest BCUT2D eigenvalue weighted by Gasteiger charge is 2.29. The number of methoxy groups -OCH3 is 1. The second kappa shape index (κ2) is 6.77. The molecule has 0 radical (unpaired) electrons. The molecule has 3 rings (SSSR count). The molecule has 2 heterocycles. The highest BCUT2D eigenvalue weighted by atomic mass is 16.5. The molecule has 2 atom stereocenters. The number of benzene rings is 1. The van der Waals surface area contributed by atoms with E-state index in [0.29, 0.717) is 0 Å². The lowest BCUT2D eigenvalue weighted by molar-refractivity contribution is 0.0465. The number of piperidine rings is 1. The van der Waals surface area contributed by atoms with Crippen LogP contribution in [0.25, 0.3) is 0 Å². The van der Waals surface area contributed by atoms with Gasteiger partial charge in [-0.3, -0.25) is 9.80 Å². The van der Waals surface area contributed by atoms with Gasteiger partial charge in [0.15, 0.2) is 0 Å². The van der Waals surface area contributed by atoms with Crippen molar-refractivity contribution in [3.05, 3.63) is 29.8 Å². The molecular formula is C17H27N3O. The first-order valence-electron chi connectivity index (χ1n) is 8.13. The van der Waals surface area contributed by atoms with Gasteiger partial charge < -0.3 is 10.5 Å². The van der Waals surface area contributed by atoms with Crippen molar-refractivity contribution in [1.29, 1.82) is 0 Å². The Morgan fingerprint density at radius 1 is 1.24 bits per heavy atom. The van der Waals surface area contributed by atoms with Gasteiger partial charge in [-0.05, 0) is 25.5 Å². The fourth-order valence-corrected chi connectivity index (χ4v) is 3.74. The van der Waals surface area contributed by atoms with E-state index in [1.165, 1.54) is 38.9 Å². The lowest BCUT2D eigenvalue weighted by atomic mass is 9.98. The van der Waals surface area contributed by atoms with Crippen LogP contribution in [0.2, 0.25) is 0 Å². The molecule has 2 N–H and O–H groups in total. The Bertz CT molecular complexity index is 465. The predicted molar refractivity (Wildman–Crippen MR) is 85.6 cm³/mol. The average molecular weight is 289 g/mol. The molecule has 4 nitrogen and oxygen atoms in total. The van der Waals surface area contributed by atoms with Gasteiger partial charge in [-0.15, -0.1) is 0 Å². The van der Waals surface area contributed by atoms with Gasteiger partial charge in [0.1, 0.15) is 5.75 Å². The summed E-state index contributed by atoms with van der Waals surface area (Å²) in [5, 5.41) is 0. The minimum atomic E-state index is 0.0243. The highest BCUT2D eigenvalue weighted by molar-refractivity contribution is 5.35. The third kappa shape index (κ3) is 3.39. The van der Waals surface area contributed by atoms with E-state index < -0.39 is 0 Å². The number of fused-ring (bicyclic) bond motifs is 1. The molecule has 0 bridgehead atoms. The van der Waals surface area contributed by atoms with Gasteiger partial charge >= 0.3 is 0 Å². The van der Waals surface area contributed by atoms with E-state index in [2.05, 4.69) is 15.9 Å². The number of hydrogen-bond acceptors (Lipinski definition) is 4. The van der Waals surface area contributed by atoms with Gasteiger partial charge in [-0.1, -0.05) is 24.6 Å². The normalized spacial score (nSPS) is 25.3. The van der Waals surface area contributed by atoms with Gasteiger partial charge in [0.2, 0.25) is 0 Å². The van der Waals surface area contributed by atoms with Crippen LogP contribution in [0.3, 0.4) is 0 Å². The molecule has 2 aliphatic rings. The summed E-state index contributed by atoms with van der Waals surface area (Å²) in [4.78, 5) is 5.19. The fourth-order valence-electron chi connectivity index (χ4n) is 3.74. The van der Waals surface area contributed by atoms with E-state index in [9.17, 15) is 0 Å². The minimum absolute atomic E-state index is 0.0243. The number of piperazine rings is 1. The molecule has 0 spiro atoms. The van der Waals surface area contributed by atoms with Crippen molar-refractivity contribution in [3.63, 3.8) is 0 Å². The second-order valence-electron chi connectivity index (χ2n) is 6.29. The lowest BCUT2D eigenvalue weighted by Gasteiger charge is -2.44. The van der Waals surface area contributed by atoms with Crippen LogP contribution >= 0.6 is 0 Å². The Hall–Kier alpha value is -1.10. The predicted octanol–water partition coefficient (Wildman–Crippen LogP) is 1.87. The third-order valence-electron chi connectivity index (χ3n) is 4.91. The molecule has 0 saturated carbocycles. The average Bonchev–Trinajstić information content (AvgIpc) is 2.54. The summed E-state index contributed by atoms with van der Waals surface area (Å²) < 4.78 is 5.43. The monoisotopic (exact) mass is 289 g/mol. The smallest absolute Gasteiger partial charge is 0.123 e. The van der Waals surface area contributed by atoms with Crippen LogP contribution in [-0.2, 0) is 0 Å². The topological polar surface area (TPSA) is 41.7 Å². The van der Waals surface area contributed by atoms with Gasteiger partial charge in [0, 0.05) is 43.8 Å². The van der Waals surface area contributed by atoms with E-state index in [0.717, 1.165) is 30.4 Å². The standard InChI is InChI=1S/C17H27N3O/c1-21-17-8-3-2-7-15(17)16(18)13-19-10-11-20-9-5-4-6-14(20)12-19/h2-3,7-8,14,16H,4-6,9-13,18H2,1H3. The molecule has 21 heavy (non-hydrogen) atoms. The van der Waals surface area contributed by atoms with Crippen LogP contribution in [0, 0.1) is 0 Å².